The van der Waals surface area contributed by atoms with Crippen LogP contribution in [0.25, 0.3) is 0 Å². The van der Waals surface area contributed by atoms with Gasteiger partial charge in [-0.2, -0.15) is 13.2 Å². The molecule has 110 valence electrons. The molecule has 0 radical (unpaired) electrons. The van der Waals surface area contributed by atoms with Gasteiger partial charge in [-0.05, 0) is 19.4 Å². The summed E-state index contributed by atoms with van der Waals surface area (Å²) in [6.45, 7) is 4.81. The summed E-state index contributed by atoms with van der Waals surface area (Å²) in [5.74, 6) is 0. The Morgan fingerprint density at radius 2 is 1.50 bits per heavy atom. The lowest BCUT2D eigenvalue weighted by atomic mass is 10.0. The Labute approximate surface area is 110 Å². The van der Waals surface area contributed by atoms with Crippen molar-refractivity contribution in [3.05, 3.63) is 0 Å². The van der Waals surface area contributed by atoms with E-state index in [2.05, 4.69) is 12.2 Å². The minimum atomic E-state index is -4.05. The van der Waals surface area contributed by atoms with E-state index in [1.54, 1.807) is 0 Å². The van der Waals surface area contributed by atoms with Crippen molar-refractivity contribution in [3.63, 3.8) is 0 Å². The molecule has 1 unspecified atom stereocenters. The fourth-order valence-corrected chi connectivity index (χ4v) is 2.08. The molecular formula is C14H28F3N. The van der Waals surface area contributed by atoms with E-state index in [9.17, 15) is 13.2 Å². The summed E-state index contributed by atoms with van der Waals surface area (Å²) in [4.78, 5) is 0. The van der Waals surface area contributed by atoms with Gasteiger partial charge in [0, 0.05) is 6.04 Å². The number of hydrogen-bond acceptors (Lipinski definition) is 1. The van der Waals surface area contributed by atoms with E-state index in [0.717, 1.165) is 25.7 Å². The molecule has 0 fully saturated rings. The summed E-state index contributed by atoms with van der Waals surface area (Å²) < 4.78 is 37.1. The average Bonchev–Trinajstić information content (AvgIpc) is 2.28. The van der Waals surface area contributed by atoms with Crippen molar-refractivity contribution in [3.8, 4) is 0 Å². The van der Waals surface area contributed by atoms with Crippen LogP contribution in [0.3, 0.4) is 0 Å². The lowest BCUT2D eigenvalue weighted by Crippen LogP contribution is -2.34. The Morgan fingerprint density at radius 1 is 0.889 bits per heavy atom. The van der Waals surface area contributed by atoms with Crippen molar-refractivity contribution < 1.29 is 13.2 Å². The fraction of sp³-hybridized carbons (Fsp3) is 1.00. The molecular weight excluding hydrogens is 239 g/mol. The number of unbranched alkanes of at least 4 members (excludes halogenated alkanes) is 5. The van der Waals surface area contributed by atoms with Gasteiger partial charge in [-0.15, -0.1) is 0 Å². The molecule has 1 atom stereocenters. The molecule has 0 aromatic carbocycles. The molecule has 0 rings (SSSR count). The maximum absolute atomic E-state index is 12.4. The second-order valence-corrected chi connectivity index (χ2v) is 5.03. The summed E-state index contributed by atoms with van der Waals surface area (Å²) in [6, 6.07) is -0.392. The first-order valence-electron chi connectivity index (χ1n) is 7.29. The Morgan fingerprint density at radius 3 is 2.06 bits per heavy atom. The summed E-state index contributed by atoms with van der Waals surface area (Å²) >= 11 is 0. The second kappa shape index (κ2) is 10.7. The van der Waals surface area contributed by atoms with Gasteiger partial charge in [0.15, 0.2) is 0 Å². The SMILES string of the molecule is CCCCCCCCC(CC(F)(F)F)NCCC. The number of hydrogen-bond donors (Lipinski definition) is 1. The molecule has 4 heteroatoms. The van der Waals surface area contributed by atoms with E-state index in [0.29, 0.717) is 13.0 Å². The standard InChI is InChI=1S/C14H28F3N/c1-3-5-6-7-8-9-10-13(18-11-4-2)12-14(15,16)17/h13,18H,3-12H2,1-2H3. The van der Waals surface area contributed by atoms with Crippen LogP contribution < -0.4 is 5.32 Å². The monoisotopic (exact) mass is 267 g/mol. The van der Waals surface area contributed by atoms with Gasteiger partial charge in [0.1, 0.15) is 0 Å². The normalized spacial score (nSPS) is 13.8. The third-order valence-electron chi connectivity index (χ3n) is 3.07. The predicted octanol–water partition coefficient (Wildman–Crippen LogP) is 5.06. The summed E-state index contributed by atoms with van der Waals surface area (Å²) in [7, 11) is 0. The zero-order valence-electron chi connectivity index (χ0n) is 11.8. The van der Waals surface area contributed by atoms with Gasteiger partial charge in [0.05, 0.1) is 6.42 Å². The molecule has 0 aromatic heterocycles. The Balaban J connectivity index is 3.72. The van der Waals surface area contributed by atoms with Crippen LogP contribution >= 0.6 is 0 Å². The molecule has 0 spiro atoms. The molecule has 0 aliphatic rings. The van der Waals surface area contributed by atoms with Crippen LogP contribution in [0.4, 0.5) is 13.2 Å². The molecule has 0 aliphatic heterocycles. The van der Waals surface area contributed by atoms with Gasteiger partial charge < -0.3 is 5.32 Å². The van der Waals surface area contributed by atoms with Crippen LogP contribution in [0, 0.1) is 0 Å². The number of nitrogens with one attached hydrogen (secondary N) is 1. The highest BCUT2D eigenvalue weighted by Gasteiger charge is 2.31. The molecule has 1 N–H and O–H groups in total. The van der Waals surface area contributed by atoms with Gasteiger partial charge in [0.25, 0.3) is 0 Å². The highest BCUT2D eigenvalue weighted by Crippen LogP contribution is 2.24. The minimum absolute atomic E-state index is 0.392. The number of rotatable bonds is 11. The van der Waals surface area contributed by atoms with Crippen LogP contribution in [0.15, 0.2) is 0 Å². The molecule has 0 saturated carbocycles. The van der Waals surface area contributed by atoms with Crippen molar-refractivity contribution in [2.24, 2.45) is 0 Å². The van der Waals surface area contributed by atoms with Crippen molar-refractivity contribution in [2.45, 2.75) is 83.9 Å². The highest BCUT2D eigenvalue weighted by atomic mass is 19.4. The van der Waals surface area contributed by atoms with Crippen LogP contribution in [-0.4, -0.2) is 18.8 Å². The van der Waals surface area contributed by atoms with E-state index in [1.165, 1.54) is 19.3 Å². The predicted molar refractivity (Wildman–Crippen MR) is 70.7 cm³/mol. The van der Waals surface area contributed by atoms with Crippen LogP contribution in [0.5, 0.6) is 0 Å². The quantitative estimate of drug-likeness (QED) is 0.516. The van der Waals surface area contributed by atoms with Crippen LogP contribution in [0.1, 0.15) is 71.6 Å². The number of halogens is 3. The zero-order chi connectivity index (χ0) is 13.9. The van der Waals surface area contributed by atoms with Crippen molar-refractivity contribution >= 4 is 0 Å². The maximum atomic E-state index is 12.4. The van der Waals surface area contributed by atoms with E-state index in [-0.39, 0.29) is 0 Å². The van der Waals surface area contributed by atoms with Gasteiger partial charge in [-0.25, -0.2) is 0 Å². The van der Waals surface area contributed by atoms with Gasteiger partial charge in [-0.1, -0.05) is 52.4 Å². The van der Waals surface area contributed by atoms with Crippen molar-refractivity contribution in [2.75, 3.05) is 6.54 Å². The van der Waals surface area contributed by atoms with Crippen LogP contribution in [0.2, 0.25) is 0 Å². The van der Waals surface area contributed by atoms with Crippen molar-refractivity contribution in [1.29, 1.82) is 0 Å². The molecule has 0 bridgehead atoms. The molecule has 0 aliphatic carbocycles. The van der Waals surface area contributed by atoms with Crippen molar-refractivity contribution in [1.82, 2.24) is 5.32 Å². The second-order valence-electron chi connectivity index (χ2n) is 5.03. The molecule has 0 amide bonds. The first-order valence-corrected chi connectivity index (χ1v) is 7.29. The van der Waals surface area contributed by atoms with E-state index in [4.69, 9.17) is 0 Å². The third kappa shape index (κ3) is 12.2. The number of alkyl halides is 3. The Kier molecular flexibility index (Phi) is 10.5. The summed E-state index contributed by atoms with van der Waals surface area (Å²) in [6.07, 6.45) is 3.55. The van der Waals surface area contributed by atoms with Gasteiger partial charge in [-0.3, -0.25) is 0 Å². The minimum Gasteiger partial charge on any atom is -0.314 e. The molecule has 0 saturated heterocycles. The lowest BCUT2D eigenvalue weighted by molar-refractivity contribution is -0.140. The smallest absolute Gasteiger partial charge is 0.314 e. The molecule has 0 heterocycles. The summed E-state index contributed by atoms with van der Waals surface area (Å²) in [5, 5.41) is 3.01. The van der Waals surface area contributed by atoms with E-state index >= 15 is 0 Å². The topological polar surface area (TPSA) is 12.0 Å². The van der Waals surface area contributed by atoms with Gasteiger partial charge >= 0.3 is 6.18 Å². The first kappa shape index (κ1) is 17.8. The van der Waals surface area contributed by atoms with Crippen LogP contribution in [-0.2, 0) is 0 Å². The largest absolute Gasteiger partial charge is 0.390 e. The molecule has 1 nitrogen and oxygen atoms in total. The Hall–Kier alpha value is -0.250. The summed E-state index contributed by atoms with van der Waals surface area (Å²) in [5.41, 5.74) is 0. The zero-order valence-corrected chi connectivity index (χ0v) is 11.8. The first-order chi connectivity index (χ1) is 8.49. The lowest BCUT2D eigenvalue weighted by Gasteiger charge is -2.20. The highest BCUT2D eigenvalue weighted by molar-refractivity contribution is 4.71. The fourth-order valence-electron chi connectivity index (χ4n) is 2.08. The van der Waals surface area contributed by atoms with E-state index in [1.807, 2.05) is 6.92 Å². The molecule has 18 heavy (non-hydrogen) atoms. The van der Waals surface area contributed by atoms with Gasteiger partial charge in [0.2, 0.25) is 0 Å². The average molecular weight is 267 g/mol. The Bertz CT molecular complexity index is 180. The van der Waals surface area contributed by atoms with E-state index < -0.39 is 18.6 Å². The third-order valence-corrected chi connectivity index (χ3v) is 3.07. The maximum Gasteiger partial charge on any atom is 0.390 e. The molecule has 0 aromatic rings.